The predicted molar refractivity (Wildman–Crippen MR) is 67.7 cm³/mol. The number of nitrogens with one attached hydrogen (secondary N) is 1. The number of carbonyl (C=O) groups excluding carboxylic acids is 1. The molecule has 1 N–H and O–H groups in total. The quantitative estimate of drug-likeness (QED) is 0.813. The largest absolute Gasteiger partial charge is 0.496 e. The molecule has 0 aliphatic carbocycles. The van der Waals surface area contributed by atoms with Crippen LogP contribution in [0.15, 0.2) is 41.0 Å². The lowest BCUT2D eigenvalue weighted by molar-refractivity contribution is 0.0987. The number of methoxy groups -OCH3 is 1. The Labute approximate surface area is 110 Å². The summed E-state index contributed by atoms with van der Waals surface area (Å²) in [5, 5.41) is 2.94. The smallest absolute Gasteiger partial charge is 0.180 e. The maximum Gasteiger partial charge on any atom is 0.180 e. The molecular weight excluding hydrogens is 249 g/mol. The zero-order chi connectivity index (χ0) is 13.7. The molecule has 0 saturated heterocycles. The van der Waals surface area contributed by atoms with Gasteiger partial charge in [0.15, 0.2) is 5.78 Å². The Morgan fingerprint density at radius 2 is 2.26 bits per heavy atom. The topological polar surface area (TPSA) is 51.5 Å². The van der Waals surface area contributed by atoms with Crippen molar-refractivity contribution in [3.63, 3.8) is 0 Å². The summed E-state index contributed by atoms with van der Waals surface area (Å²) in [5.41, 5.74) is 0.231. The highest BCUT2D eigenvalue weighted by atomic mass is 19.1. The molecule has 0 aliphatic rings. The van der Waals surface area contributed by atoms with Crippen molar-refractivity contribution >= 4 is 5.78 Å². The molecule has 2 rings (SSSR count). The van der Waals surface area contributed by atoms with Gasteiger partial charge in [0.25, 0.3) is 0 Å². The number of ketones is 1. The fraction of sp³-hybridized carbons (Fsp3) is 0.214. The fourth-order valence-corrected chi connectivity index (χ4v) is 1.71. The second kappa shape index (κ2) is 6.15. The van der Waals surface area contributed by atoms with Crippen LogP contribution in [0, 0.1) is 5.82 Å². The molecule has 1 aromatic heterocycles. The van der Waals surface area contributed by atoms with Crippen molar-refractivity contribution in [1.29, 1.82) is 0 Å². The van der Waals surface area contributed by atoms with Gasteiger partial charge in [-0.3, -0.25) is 4.79 Å². The maximum atomic E-state index is 13.1. The van der Waals surface area contributed by atoms with Crippen LogP contribution >= 0.6 is 0 Å². The van der Waals surface area contributed by atoms with E-state index in [0.717, 1.165) is 5.76 Å². The lowest BCUT2D eigenvalue weighted by Gasteiger charge is -2.08. The Kier molecular flexibility index (Phi) is 4.30. The van der Waals surface area contributed by atoms with Crippen LogP contribution in [-0.4, -0.2) is 19.4 Å². The highest BCUT2D eigenvalue weighted by Crippen LogP contribution is 2.19. The third kappa shape index (κ3) is 3.42. The van der Waals surface area contributed by atoms with Crippen LogP contribution in [0.25, 0.3) is 0 Å². The zero-order valence-electron chi connectivity index (χ0n) is 10.5. The number of furan rings is 1. The second-order valence-electron chi connectivity index (χ2n) is 3.95. The molecule has 0 atom stereocenters. The molecule has 19 heavy (non-hydrogen) atoms. The van der Waals surface area contributed by atoms with Crippen molar-refractivity contribution in [2.75, 3.05) is 13.7 Å². The molecule has 1 aromatic carbocycles. The summed E-state index contributed by atoms with van der Waals surface area (Å²) in [6.07, 6.45) is 1.56. The van der Waals surface area contributed by atoms with E-state index < -0.39 is 5.82 Å². The summed E-state index contributed by atoms with van der Waals surface area (Å²) in [5.74, 6) is 0.406. The molecule has 0 amide bonds. The van der Waals surface area contributed by atoms with Gasteiger partial charge in [0, 0.05) is 0 Å². The highest BCUT2D eigenvalue weighted by Gasteiger charge is 2.13. The molecule has 2 aromatic rings. The van der Waals surface area contributed by atoms with Crippen LogP contribution < -0.4 is 10.1 Å². The lowest BCUT2D eigenvalue weighted by atomic mass is 10.1. The van der Waals surface area contributed by atoms with Crippen molar-refractivity contribution in [2.24, 2.45) is 0 Å². The van der Waals surface area contributed by atoms with Gasteiger partial charge < -0.3 is 14.5 Å². The van der Waals surface area contributed by atoms with Gasteiger partial charge >= 0.3 is 0 Å². The van der Waals surface area contributed by atoms with E-state index in [-0.39, 0.29) is 17.9 Å². The van der Waals surface area contributed by atoms with E-state index in [1.54, 1.807) is 18.4 Å². The zero-order valence-corrected chi connectivity index (χ0v) is 10.5. The van der Waals surface area contributed by atoms with Crippen LogP contribution in [0.3, 0.4) is 0 Å². The molecule has 4 nitrogen and oxygen atoms in total. The van der Waals surface area contributed by atoms with E-state index in [9.17, 15) is 9.18 Å². The van der Waals surface area contributed by atoms with E-state index in [2.05, 4.69) is 5.32 Å². The standard InChI is InChI=1S/C14H14FNO3/c1-18-14-5-4-10(15)7-12(14)13(17)9-16-8-11-3-2-6-19-11/h2-7,16H,8-9H2,1H3. The first kappa shape index (κ1) is 13.3. The van der Waals surface area contributed by atoms with Gasteiger partial charge in [-0.25, -0.2) is 4.39 Å². The van der Waals surface area contributed by atoms with Crippen molar-refractivity contribution in [2.45, 2.75) is 6.54 Å². The number of benzene rings is 1. The summed E-state index contributed by atoms with van der Waals surface area (Å²) in [6, 6.07) is 7.45. The van der Waals surface area contributed by atoms with E-state index in [1.807, 2.05) is 0 Å². The van der Waals surface area contributed by atoms with Gasteiger partial charge in [0.2, 0.25) is 0 Å². The fourth-order valence-electron chi connectivity index (χ4n) is 1.71. The Hall–Kier alpha value is -2.14. The van der Waals surface area contributed by atoms with Crippen LogP contribution in [0.5, 0.6) is 5.75 Å². The van der Waals surface area contributed by atoms with Gasteiger partial charge in [0.1, 0.15) is 17.3 Å². The lowest BCUT2D eigenvalue weighted by Crippen LogP contribution is -2.22. The minimum absolute atomic E-state index is 0.0838. The first-order chi connectivity index (χ1) is 9.20. The number of rotatable bonds is 6. The molecule has 0 saturated carbocycles. The molecule has 1 heterocycles. The Morgan fingerprint density at radius 1 is 1.42 bits per heavy atom. The number of hydrogen-bond acceptors (Lipinski definition) is 4. The van der Waals surface area contributed by atoms with Crippen LogP contribution in [0.2, 0.25) is 0 Å². The molecular formula is C14H14FNO3. The maximum absolute atomic E-state index is 13.1. The highest BCUT2D eigenvalue weighted by molar-refractivity contribution is 6.00. The third-order valence-corrected chi connectivity index (χ3v) is 2.63. The average Bonchev–Trinajstić information content (AvgIpc) is 2.91. The monoisotopic (exact) mass is 263 g/mol. The number of hydrogen-bond donors (Lipinski definition) is 1. The molecule has 0 aliphatic heterocycles. The third-order valence-electron chi connectivity index (χ3n) is 2.63. The average molecular weight is 263 g/mol. The summed E-state index contributed by atoms with van der Waals surface area (Å²) >= 11 is 0. The van der Waals surface area contributed by atoms with Crippen molar-refractivity contribution in [3.05, 3.63) is 53.7 Å². The first-order valence-corrected chi connectivity index (χ1v) is 5.80. The van der Waals surface area contributed by atoms with Crippen LogP contribution in [0.4, 0.5) is 4.39 Å². The van der Waals surface area contributed by atoms with Crippen molar-refractivity contribution in [1.82, 2.24) is 5.32 Å². The van der Waals surface area contributed by atoms with Gasteiger partial charge in [0.05, 0.1) is 32.0 Å². The van der Waals surface area contributed by atoms with Gasteiger partial charge in [-0.1, -0.05) is 0 Å². The SMILES string of the molecule is COc1ccc(F)cc1C(=O)CNCc1ccco1. The van der Waals surface area contributed by atoms with E-state index >= 15 is 0 Å². The first-order valence-electron chi connectivity index (χ1n) is 5.80. The molecule has 0 unspecified atom stereocenters. The molecule has 5 heteroatoms. The summed E-state index contributed by atoms with van der Waals surface area (Å²) in [7, 11) is 1.44. The number of carbonyl (C=O) groups is 1. The van der Waals surface area contributed by atoms with E-state index in [4.69, 9.17) is 9.15 Å². The molecule has 0 fully saturated rings. The number of Topliss-reactive ketones (excluding diaryl/α,β-unsaturated/α-hetero) is 1. The molecule has 0 spiro atoms. The Balaban J connectivity index is 1.97. The number of halogens is 1. The summed E-state index contributed by atoms with van der Waals surface area (Å²) in [4.78, 5) is 12.0. The van der Waals surface area contributed by atoms with Crippen molar-refractivity contribution < 1.29 is 18.3 Å². The minimum atomic E-state index is -0.463. The number of ether oxygens (including phenoxy) is 1. The minimum Gasteiger partial charge on any atom is -0.496 e. The summed E-state index contributed by atoms with van der Waals surface area (Å²) in [6.45, 7) is 0.525. The Bertz CT molecular complexity index is 552. The van der Waals surface area contributed by atoms with Crippen LogP contribution in [-0.2, 0) is 6.54 Å². The molecule has 0 radical (unpaired) electrons. The van der Waals surface area contributed by atoms with E-state index in [1.165, 1.54) is 25.3 Å². The normalized spacial score (nSPS) is 10.4. The van der Waals surface area contributed by atoms with Gasteiger partial charge in [-0.2, -0.15) is 0 Å². The molecule has 0 bridgehead atoms. The Morgan fingerprint density at radius 3 is 2.95 bits per heavy atom. The second-order valence-corrected chi connectivity index (χ2v) is 3.95. The van der Waals surface area contributed by atoms with Crippen LogP contribution in [0.1, 0.15) is 16.1 Å². The van der Waals surface area contributed by atoms with Gasteiger partial charge in [-0.15, -0.1) is 0 Å². The van der Waals surface area contributed by atoms with Crippen molar-refractivity contribution in [3.8, 4) is 5.75 Å². The predicted octanol–water partition coefficient (Wildman–Crippen LogP) is 2.40. The summed E-state index contributed by atoms with van der Waals surface area (Å²) < 4.78 is 23.3. The van der Waals surface area contributed by atoms with E-state index in [0.29, 0.717) is 12.3 Å². The molecule has 100 valence electrons. The van der Waals surface area contributed by atoms with Gasteiger partial charge in [-0.05, 0) is 30.3 Å².